The maximum atomic E-state index is 12.3. The van der Waals surface area contributed by atoms with Gasteiger partial charge in [-0.05, 0) is 38.1 Å². The van der Waals surface area contributed by atoms with Crippen molar-refractivity contribution >= 4 is 27.6 Å². The number of nitrogens with one attached hydrogen (secondary N) is 2. The first-order chi connectivity index (χ1) is 13.2. The minimum absolute atomic E-state index is 0.0719. The van der Waals surface area contributed by atoms with Crippen LogP contribution in [0.1, 0.15) is 24.2 Å². The number of amides is 3. The second kappa shape index (κ2) is 9.54. The monoisotopic (exact) mass is 411 g/mol. The Morgan fingerprint density at radius 1 is 1.14 bits per heavy atom. The Balaban J connectivity index is 1.78. The van der Waals surface area contributed by atoms with Crippen LogP contribution in [0, 0.1) is 0 Å². The average Bonchev–Trinajstić information content (AvgIpc) is 2.66. The first kappa shape index (κ1) is 21.7. The molecule has 0 saturated carbocycles. The summed E-state index contributed by atoms with van der Waals surface area (Å²) in [6, 6.07) is 5.70. The highest BCUT2D eigenvalue weighted by Crippen LogP contribution is 2.12. The first-order valence-corrected chi connectivity index (χ1v) is 10.8. The number of carbonyl (C=O) groups excluding carboxylic acids is 3. The summed E-state index contributed by atoms with van der Waals surface area (Å²) >= 11 is 0. The van der Waals surface area contributed by atoms with E-state index in [1.54, 1.807) is 24.3 Å². The van der Waals surface area contributed by atoms with E-state index in [0.29, 0.717) is 17.9 Å². The molecule has 1 saturated heterocycles. The molecule has 0 aromatic heterocycles. The number of ether oxygens (including phenoxy) is 1. The Kier molecular flexibility index (Phi) is 7.38. The summed E-state index contributed by atoms with van der Waals surface area (Å²) < 4.78 is 28.2. The molecule has 10 heteroatoms. The third-order valence-electron chi connectivity index (χ3n) is 4.24. The SMILES string of the molecule is CCOc1ccc(C(=O)NCC(=O)NC(C)C(=O)N2CCS(=O)(=O)CC2)cc1. The van der Waals surface area contributed by atoms with Gasteiger partial charge in [0.2, 0.25) is 11.8 Å². The Hall–Kier alpha value is -2.62. The van der Waals surface area contributed by atoms with Crippen LogP contribution in [-0.2, 0) is 19.4 Å². The number of carbonyl (C=O) groups is 3. The number of hydrogen-bond acceptors (Lipinski definition) is 6. The molecular formula is C18H25N3O6S. The van der Waals surface area contributed by atoms with Crippen LogP contribution >= 0.6 is 0 Å². The van der Waals surface area contributed by atoms with Crippen molar-refractivity contribution in [2.24, 2.45) is 0 Å². The van der Waals surface area contributed by atoms with Crippen LogP contribution < -0.4 is 15.4 Å². The Labute approximate surface area is 164 Å². The zero-order valence-electron chi connectivity index (χ0n) is 15.9. The summed E-state index contributed by atoms with van der Waals surface area (Å²) in [7, 11) is -3.09. The zero-order chi connectivity index (χ0) is 20.7. The maximum Gasteiger partial charge on any atom is 0.251 e. The lowest BCUT2D eigenvalue weighted by molar-refractivity contribution is -0.135. The van der Waals surface area contributed by atoms with Gasteiger partial charge in [0.25, 0.3) is 5.91 Å². The lowest BCUT2D eigenvalue weighted by Crippen LogP contribution is -2.52. The largest absolute Gasteiger partial charge is 0.494 e. The van der Waals surface area contributed by atoms with Gasteiger partial charge in [-0.3, -0.25) is 14.4 Å². The van der Waals surface area contributed by atoms with Crippen LogP contribution in [0.3, 0.4) is 0 Å². The summed E-state index contributed by atoms with van der Waals surface area (Å²) in [4.78, 5) is 37.8. The number of hydrogen-bond donors (Lipinski definition) is 2. The van der Waals surface area contributed by atoms with E-state index in [2.05, 4.69) is 10.6 Å². The molecule has 1 aromatic rings. The molecule has 1 atom stereocenters. The van der Waals surface area contributed by atoms with E-state index in [-0.39, 0.29) is 37.0 Å². The van der Waals surface area contributed by atoms with Crippen LogP contribution in [0.5, 0.6) is 5.75 Å². The first-order valence-electron chi connectivity index (χ1n) is 9.01. The minimum atomic E-state index is -3.09. The topological polar surface area (TPSA) is 122 Å². The van der Waals surface area contributed by atoms with Crippen molar-refractivity contribution in [3.8, 4) is 5.75 Å². The summed E-state index contributed by atoms with van der Waals surface area (Å²) in [6.45, 7) is 3.87. The number of benzene rings is 1. The predicted molar refractivity (Wildman–Crippen MR) is 103 cm³/mol. The summed E-state index contributed by atoms with van der Waals surface area (Å²) in [5, 5.41) is 5.00. The lowest BCUT2D eigenvalue weighted by atomic mass is 10.2. The van der Waals surface area contributed by atoms with E-state index >= 15 is 0 Å². The summed E-state index contributed by atoms with van der Waals surface area (Å²) in [6.07, 6.45) is 0. The molecule has 3 amide bonds. The number of rotatable bonds is 7. The average molecular weight is 411 g/mol. The quantitative estimate of drug-likeness (QED) is 0.628. The number of sulfone groups is 1. The molecule has 154 valence electrons. The second-order valence-corrected chi connectivity index (χ2v) is 8.71. The molecule has 2 rings (SSSR count). The lowest BCUT2D eigenvalue weighted by Gasteiger charge is -2.29. The third-order valence-corrected chi connectivity index (χ3v) is 5.85. The molecule has 28 heavy (non-hydrogen) atoms. The molecule has 1 unspecified atom stereocenters. The number of nitrogens with zero attached hydrogens (tertiary/aromatic N) is 1. The molecule has 1 aromatic carbocycles. The van der Waals surface area contributed by atoms with Crippen molar-refractivity contribution < 1.29 is 27.5 Å². The summed E-state index contributed by atoms with van der Waals surface area (Å²) in [5.74, 6) is -0.770. The van der Waals surface area contributed by atoms with Crippen LogP contribution in [0.25, 0.3) is 0 Å². The van der Waals surface area contributed by atoms with Crippen molar-refractivity contribution in [2.45, 2.75) is 19.9 Å². The highest BCUT2D eigenvalue weighted by molar-refractivity contribution is 7.91. The van der Waals surface area contributed by atoms with Gasteiger partial charge in [-0.25, -0.2) is 8.42 Å². The third kappa shape index (κ3) is 6.22. The van der Waals surface area contributed by atoms with E-state index in [1.807, 2.05) is 6.92 Å². The Morgan fingerprint density at radius 3 is 2.32 bits per heavy atom. The molecule has 1 aliphatic heterocycles. The van der Waals surface area contributed by atoms with E-state index in [1.165, 1.54) is 11.8 Å². The van der Waals surface area contributed by atoms with Crippen LogP contribution in [-0.4, -0.2) is 74.8 Å². The maximum absolute atomic E-state index is 12.3. The molecule has 0 bridgehead atoms. The highest BCUT2D eigenvalue weighted by Gasteiger charge is 2.28. The molecule has 0 spiro atoms. The molecule has 1 fully saturated rings. The molecule has 1 aliphatic rings. The van der Waals surface area contributed by atoms with E-state index in [9.17, 15) is 22.8 Å². The predicted octanol–water partition coefficient (Wildman–Crippen LogP) is -0.423. The van der Waals surface area contributed by atoms with Gasteiger partial charge in [-0.2, -0.15) is 0 Å². The molecule has 2 N–H and O–H groups in total. The van der Waals surface area contributed by atoms with Crippen LogP contribution in [0.4, 0.5) is 0 Å². The molecular weight excluding hydrogens is 386 g/mol. The van der Waals surface area contributed by atoms with Gasteiger partial charge in [-0.1, -0.05) is 0 Å². The van der Waals surface area contributed by atoms with Crippen molar-refractivity contribution in [2.75, 3.05) is 37.7 Å². The van der Waals surface area contributed by atoms with Crippen molar-refractivity contribution in [1.82, 2.24) is 15.5 Å². The fraction of sp³-hybridized carbons (Fsp3) is 0.500. The Morgan fingerprint density at radius 2 is 1.75 bits per heavy atom. The molecule has 0 radical (unpaired) electrons. The zero-order valence-corrected chi connectivity index (χ0v) is 16.8. The standard InChI is InChI=1S/C18H25N3O6S/c1-3-27-15-6-4-14(5-7-15)17(23)19-12-16(22)20-13(2)18(24)21-8-10-28(25,26)11-9-21/h4-7,13H,3,8-12H2,1-2H3,(H,19,23)(H,20,22). The fourth-order valence-electron chi connectivity index (χ4n) is 2.69. The molecule has 1 heterocycles. The van der Waals surface area contributed by atoms with Gasteiger partial charge in [-0.15, -0.1) is 0 Å². The minimum Gasteiger partial charge on any atom is -0.494 e. The van der Waals surface area contributed by atoms with E-state index in [4.69, 9.17) is 4.74 Å². The highest BCUT2D eigenvalue weighted by atomic mass is 32.2. The van der Waals surface area contributed by atoms with Crippen LogP contribution in [0.2, 0.25) is 0 Å². The van der Waals surface area contributed by atoms with Crippen molar-refractivity contribution in [1.29, 1.82) is 0 Å². The van der Waals surface area contributed by atoms with E-state index < -0.39 is 27.7 Å². The van der Waals surface area contributed by atoms with Crippen molar-refractivity contribution in [3.63, 3.8) is 0 Å². The smallest absolute Gasteiger partial charge is 0.251 e. The van der Waals surface area contributed by atoms with Gasteiger partial charge in [0.15, 0.2) is 9.84 Å². The summed E-state index contributed by atoms with van der Waals surface area (Å²) in [5.41, 5.74) is 0.384. The van der Waals surface area contributed by atoms with Crippen molar-refractivity contribution in [3.05, 3.63) is 29.8 Å². The van der Waals surface area contributed by atoms with Gasteiger partial charge in [0.05, 0.1) is 24.7 Å². The van der Waals surface area contributed by atoms with Gasteiger partial charge < -0.3 is 20.3 Å². The second-order valence-electron chi connectivity index (χ2n) is 6.41. The fourth-order valence-corrected chi connectivity index (χ4v) is 3.89. The molecule has 0 aliphatic carbocycles. The normalized spacial score (nSPS) is 16.7. The van der Waals surface area contributed by atoms with E-state index in [0.717, 1.165) is 0 Å². The molecule has 9 nitrogen and oxygen atoms in total. The van der Waals surface area contributed by atoms with Gasteiger partial charge >= 0.3 is 0 Å². The van der Waals surface area contributed by atoms with Gasteiger partial charge in [0, 0.05) is 18.7 Å². The Bertz CT molecular complexity index is 808. The van der Waals surface area contributed by atoms with Gasteiger partial charge in [0.1, 0.15) is 11.8 Å². The van der Waals surface area contributed by atoms with Crippen LogP contribution in [0.15, 0.2) is 24.3 Å².